The molecule has 36 heavy (non-hydrogen) atoms. The van der Waals surface area contributed by atoms with Crippen molar-refractivity contribution in [2.45, 2.75) is 26.0 Å². The second-order valence-corrected chi connectivity index (χ2v) is 9.14. The van der Waals surface area contributed by atoms with E-state index in [0.717, 1.165) is 51.7 Å². The topological polar surface area (TPSA) is 92.4 Å². The average Bonchev–Trinajstić information content (AvgIpc) is 2.90. The number of rotatable bonds is 5. The largest absolute Gasteiger partial charge is 0.456 e. The molecule has 0 amide bonds. The van der Waals surface area contributed by atoms with Crippen LogP contribution in [0.3, 0.4) is 0 Å². The van der Waals surface area contributed by atoms with Crippen molar-refractivity contribution in [3.63, 3.8) is 0 Å². The Morgan fingerprint density at radius 2 is 2.03 bits per heavy atom. The first-order chi connectivity index (χ1) is 17.6. The van der Waals surface area contributed by atoms with Crippen molar-refractivity contribution in [3.05, 3.63) is 105 Å². The van der Waals surface area contributed by atoms with Gasteiger partial charge in [0.1, 0.15) is 23.4 Å². The third-order valence-electron chi connectivity index (χ3n) is 6.60. The number of aromatic amines is 1. The Bertz CT molecular complexity index is 1470. The van der Waals surface area contributed by atoms with Crippen molar-refractivity contribution in [1.82, 2.24) is 15.0 Å². The molecule has 6 rings (SSSR count). The third-order valence-corrected chi connectivity index (χ3v) is 6.60. The van der Waals surface area contributed by atoms with Crippen molar-refractivity contribution in [1.29, 1.82) is 0 Å². The highest BCUT2D eigenvalue weighted by atomic mass is 16.5. The number of para-hydroxylation sites is 1. The molecule has 4 heterocycles. The summed E-state index contributed by atoms with van der Waals surface area (Å²) < 4.78 is 12.6. The number of nitrogens with one attached hydrogen (secondary N) is 2. The molecule has 2 aromatic carbocycles. The van der Waals surface area contributed by atoms with Crippen LogP contribution in [0, 0.1) is 6.92 Å². The van der Waals surface area contributed by atoms with E-state index in [0.29, 0.717) is 32.1 Å². The minimum atomic E-state index is -0.181. The lowest BCUT2D eigenvalue weighted by Crippen LogP contribution is -2.39. The van der Waals surface area contributed by atoms with Crippen LogP contribution < -0.4 is 20.5 Å². The van der Waals surface area contributed by atoms with Crippen molar-refractivity contribution in [2.24, 2.45) is 0 Å². The van der Waals surface area contributed by atoms with E-state index in [9.17, 15) is 4.79 Å². The Kier molecular flexibility index (Phi) is 5.87. The lowest BCUT2D eigenvalue weighted by Gasteiger charge is -2.35. The second kappa shape index (κ2) is 9.47. The minimum absolute atomic E-state index is 0.163. The number of anilines is 2. The predicted molar refractivity (Wildman–Crippen MR) is 138 cm³/mol. The van der Waals surface area contributed by atoms with Gasteiger partial charge in [-0.05, 0) is 42.8 Å². The molecule has 4 aromatic rings. The van der Waals surface area contributed by atoms with E-state index < -0.39 is 0 Å². The number of benzene rings is 2. The first-order valence-corrected chi connectivity index (χ1v) is 12.1. The summed E-state index contributed by atoms with van der Waals surface area (Å²) >= 11 is 0. The molecule has 2 aromatic heterocycles. The fourth-order valence-corrected chi connectivity index (χ4v) is 4.83. The summed E-state index contributed by atoms with van der Waals surface area (Å²) in [4.78, 5) is 25.3. The van der Waals surface area contributed by atoms with Crippen LogP contribution >= 0.6 is 0 Å². The van der Waals surface area contributed by atoms with Gasteiger partial charge in [0.2, 0.25) is 0 Å². The molecule has 1 unspecified atom stereocenters. The van der Waals surface area contributed by atoms with E-state index in [1.807, 2.05) is 37.3 Å². The summed E-state index contributed by atoms with van der Waals surface area (Å²) in [5, 5.41) is 3.48. The number of aryl methyl sites for hydroxylation is 1. The first kappa shape index (κ1) is 22.3. The Morgan fingerprint density at radius 3 is 2.92 bits per heavy atom. The SMILES string of the molecule is Cc1cccc(CNc2ccc3c(c2)Cc2cccc(C4CN(c5cc(=O)[nH]cn5)CCO4)c2O3)n1. The first-order valence-electron chi connectivity index (χ1n) is 12.1. The van der Waals surface area contributed by atoms with Crippen LogP contribution in [0.15, 0.2) is 71.8 Å². The zero-order valence-electron chi connectivity index (χ0n) is 20.0. The van der Waals surface area contributed by atoms with Crippen LogP contribution in [0.1, 0.15) is 34.2 Å². The zero-order valence-corrected chi connectivity index (χ0v) is 20.0. The summed E-state index contributed by atoms with van der Waals surface area (Å²) in [7, 11) is 0. The van der Waals surface area contributed by atoms with Gasteiger partial charge in [0, 0.05) is 41.5 Å². The number of nitrogens with zero attached hydrogens (tertiary/aromatic N) is 3. The number of hydrogen-bond donors (Lipinski definition) is 2. The Balaban J connectivity index is 1.20. The molecule has 0 bridgehead atoms. The zero-order chi connectivity index (χ0) is 24.5. The molecule has 0 saturated carbocycles. The van der Waals surface area contributed by atoms with Crippen LogP contribution in [0.5, 0.6) is 11.5 Å². The average molecular weight is 482 g/mol. The van der Waals surface area contributed by atoms with Gasteiger partial charge in [-0.1, -0.05) is 24.3 Å². The molecule has 2 aliphatic rings. The summed E-state index contributed by atoms with van der Waals surface area (Å²) in [6.07, 6.45) is 2.04. The number of pyridine rings is 1. The van der Waals surface area contributed by atoms with Gasteiger partial charge in [-0.3, -0.25) is 9.78 Å². The maximum Gasteiger partial charge on any atom is 0.252 e. The maximum absolute atomic E-state index is 11.8. The van der Waals surface area contributed by atoms with E-state index in [-0.39, 0.29) is 11.7 Å². The number of hydrogen-bond acceptors (Lipinski definition) is 7. The molecule has 2 aliphatic heterocycles. The van der Waals surface area contributed by atoms with Crippen LogP contribution in [0.2, 0.25) is 0 Å². The van der Waals surface area contributed by atoms with Gasteiger partial charge < -0.3 is 24.7 Å². The van der Waals surface area contributed by atoms with Crippen LogP contribution in [0.4, 0.5) is 11.5 Å². The van der Waals surface area contributed by atoms with Gasteiger partial charge in [-0.15, -0.1) is 0 Å². The fourth-order valence-electron chi connectivity index (χ4n) is 4.83. The highest BCUT2D eigenvalue weighted by Gasteiger charge is 2.29. The number of morpholine rings is 1. The number of aromatic nitrogens is 3. The molecule has 1 atom stereocenters. The lowest BCUT2D eigenvalue weighted by molar-refractivity contribution is 0.0381. The van der Waals surface area contributed by atoms with Gasteiger partial charge in [-0.25, -0.2) is 4.98 Å². The van der Waals surface area contributed by atoms with Gasteiger partial charge in [-0.2, -0.15) is 0 Å². The summed E-state index contributed by atoms with van der Waals surface area (Å²) in [6.45, 7) is 4.49. The predicted octanol–water partition coefficient (Wildman–Crippen LogP) is 4.36. The molecule has 182 valence electrons. The molecule has 1 fully saturated rings. The third kappa shape index (κ3) is 4.55. The number of H-pyrrole nitrogens is 1. The van der Waals surface area contributed by atoms with Crippen molar-refractivity contribution in [3.8, 4) is 11.5 Å². The fraction of sp³-hybridized carbons (Fsp3) is 0.250. The van der Waals surface area contributed by atoms with Crippen LogP contribution in [-0.4, -0.2) is 34.6 Å². The molecule has 0 spiro atoms. The smallest absolute Gasteiger partial charge is 0.252 e. The Hall–Kier alpha value is -4.17. The van der Waals surface area contributed by atoms with E-state index in [1.54, 1.807) is 0 Å². The monoisotopic (exact) mass is 481 g/mol. The standard InChI is InChI=1S/C28H27N5O3/c1-18-4-2-6-22(32-18)15-29-21-8-9-24-20(13-21)12-19-5-3-7-23(28(19)36-24)25-16-33(10-11-35-25)26-14-27(34)31-17-30-26/h2-9,13-14,17,25,29H,10-12,15-16H2,1H3,(H,30,31,34). The van der Waals surface area contributed by atoms with Gasteiger partial charge in [0.05, 0.1) is 31.7 Å². The van der Waals surface area contributed by atoms with E-state index in [4.69, 9.17) is 9.47 Å². The number of fused-ring (bicyclic) bond motifs is 2. The number of ether oxygens (including phenoxy) is 2. The molecular formula is C28H27N5O3. The van der Waals surface area contributed by atoms with Crippen LogP contribution in [0.25, 0.3) is 0 Å². The van der Waals surface area contributed by atoms with Crippen LogP contribution in [-0.2, 0) is 17.7 Å². The summed E-state index contributed by atoms with van der Waals surface area (Å²) in [6, 6.07) is 20.0. The lowest BCUT2D eigenvalue weighted by atomic mass is 9.95. The van der Waals surface area contributed by atoms with Gasteiger partial charge >= 0.3 is 0 Å². The molecular weight excluding hydrogens is 454 g/mol. The van der Waals surface area contributed by atoms with Gasteiger partial charge in [0.25, 0.3) is 5.56 Å². The highest BCUT2D eigenvalue weighted by Crippen LogP contribution is 2.43. The van der Waals surface area contributed by atoms with Gasteiger partial charge in [0.15, 0.2) is 0 Å². The normalized spacial score (nSPS) is 16.6. The van der Waals surface area contributed by atoms with Crippen molar-refractivity contribution < 1.29 is 9.47 Å². The molecule has 8 heteroatoms. The Morgan fingerprint density at radius 1 is 1.11 bits per heavy atom. The maximum atomic E-state index is 11.8. The van der Waals surface area contributed by atoms with E-state index >= 15 is 0 Å². The Labute approximate surface area is 209 Å². The quantitative estimate of drug-likeness (QED) is 0.385. The second-order valence-electron chi connectivity index (χ2n) is 9.14. The highest BCUT2D eigenvalue weighted by molar-refractivity contribution is 5.59. The van der Waals surface area contributed by atoms with Crippen molar-refractivity contribution in [2.75, 3.05) is 29.9 Å². The minimum Gasteiger partial charge on any atom is -0.456 e. The molecule has 1 saturated heterocycles. The molecule has 8 nitrogen and oxygen atoms in total. The molecule has 2 N–H and O–H groups in total. The molecule has 0 aliphatic carbocycles. The summed E-state index contributed by atoms with van der Waals surface area (Å²) in [5.74, 6) is 2.38. The van der Waals surface area contributed by atoms with E-state index in [1.165, 1.54) is 12.4 Å². The summed E-state index contributed by atoms with van der Waals surface area (Å²) in [5.41, 5.74) is 6.18. The van der Waals surface area contributed by atoms with E-state index in [2.05, 4.69) is 49.4 Å². The van der Waals surface area contributed by atoms with Crippen molar-refractivity contribution >= 4 is 11.5 Å². The molecule has 0 radical (unpaired) electrons.